The summed E-state index contributed by atoms with van der Waals surface area (Å²) in [5.74, 6) is 0.710. The lowest BCUT2D eigenvalue weighted by Crippen LogP contribution is -2.49. The maximum Gasteiger partial charge on any atom is 0.0271 e. The van der Waals surface area contributed by atoms with E-state index < -0.39 is 0 Å². The summed E-state index contributed by atoms with van der Waals surface area (Å²) in [6.07, 6.45) is 6.34. The molecule has 2 atom stereocenters. The Balaban J connectivity index is 1.96. The normalized spacial score (nSPS) is 24.4. The van der Waals surface area contributed by atoms with Crippen LogP contribution in [-0.2, 0) is 6.54 Å². The van der Waals surface area contributed by atoms with Gasteiger partial charge in [-0.1, -0.05) is 6.92 Å². The molecule has 1 saturated carbocycles. The number of nitrogens with zero attached hydrogens (tertiary/aromatic N) is 2. The van der Waals surface area contributed by atoms with Crippen LogP contribution in [0.1, 0.15) is 25.3 Å². The van der Waals surface area contributed by atoms with Crippen molar-refractivity contribution in [3.8, 4) is 0 Å². The van der Waals surface area contributed by atoms with E-state index in [2.05, 4.69) is 28.9 Å². The molecule has 0 aromatic carbocycles. The highest BCUT2D eigenvalue weighted by molar-refractivity contribution is 5.10. The lowest BCUT2D eigenvalue weighted by Gasteiger charge is -2.43. The molecule has 0 spiro atoms. The quantitative estimate of drug-likeness (QED) is 0.818. The first-order chi connectivity index (χ1) is 7.85. The molecule has 2 rings (SSSR count). The Morgan fingerprint density at radius 3 is 2.62 bits per heavy atom. The van der Waals surface area contributed by atoms with Gasteiger partial charge < -0.3 is 5.73 Å². The second-order valence-corrected chi connectivity index (χ2v) is 4.56. The summed E-state index contributed by atoms with van der Waals surface area (Å²) in [6, 6.07) is 4.89. The molecule has 2 unspecified atom stereocenters. The summed E-state index contributed by atoms with van der Waals surface area (Å²) >= 11 is 0. The van der Waals surface area contributed by atoms with E-state index in [0.717, 1.165) is 19.6 Å². The molecule has 2 N–H and O–H groups in total. The maximum absolute atomic E-state index is 5.77. The Bertz CT molecular complexity index is 310. The average Bonchev–Trinajstić information content (AvgIpc) is 2.28. The van der Waals surface area contributed by atoms with Gasteiger partial charge in [-0.2, -0.15) is 0 Å². The molecule has 3 nitrogen and oxygen atoms in total. The summed E-state index contributed by atoms with van der Waals surface area (Å²) in [5, 5.41) is 0. The van der Waals surface area contributed by atoms with Crippen LogP contribution in [0.4, 0.5) is 0 Å². The molecule has 16 heavy (non-hydrogen) atoms. The molecule has 3 heteroatoms. The van der Waals surface area contributed by atoms with Crippen LogP contribution >= 0.6 is 0 Å². The van der Waals surface area contributed by atoms with Gasteiger partial charge in [0.05, 0.1) is 0 Å². The Hall–Kier alpha value is -0.930. The summed E-state index contributed by atoms with van der Waals surface area (Å²) in [6.45, 7) is 5.19. The second-order valence-electron chi connectivity index (χ2n) is 4.56. The predicted molar refractivity (Wildman–Crippen MR) is 65.9 cm³/mol. The van der Waals surface area contributed by atoms with Crippen molar-refractivity contribution in [3.63, 3.8) is 0 Å². The number of nitrogens with two attached hydrogens (primary N) is 1. The molecule has 88 valence electrons. The molecule has 1 aliphatic rings. The molecule has 0 bridgehead atoms. The minimum Gasteiger partial charge on any atom is -0.330 e. The molecular formula is C13H21N3. The van der Waals surface area contributed by atoms with Gasteiger partial charge >= 0.3 is 0 Å². The topological polar surface area (TPSA) is 42.2 Å². The van der Waals surface area contributed by atoms with Crippen LogP contribution in [0.2, 0.25) is 0 Å². The predicted octanol–water partition coefficient (Wildman–Crippen LogP) is 1.64. The van der Waals surface area contributed by atoms with Gasteiger partial charge in [-0.15, -0.1) is 0 Å². The van der Waals surface area contributed by atoms with Gasteiger partial charge in [0.15, 0.2) is 0 Å². The number of hydrogen-bond acceptors (Lipinski definition) is 3. The summed E-state index contributed by atoms with van der Waals surface area (Å²) in [5.41, 5.74) is 7.12. The van der Waals surface area contributed by atoms with Gasteiger partial charge in [0.25, 0.3) is 0 Å². The summed E-state index contributed by atoms with van der Waals surface area (Å²) in [7, 11) is 0. The van der Waals surface area contributed by atoms with Crippen LogP contribution in [0.15, 0.2) is 24.5 Å². The molecule has 0 radical (unpaired) electrons. The zero-order valence-electron chi connectivity index (χ0n) is 9.97. The van der Waals surface area contributed by atoms with Crippen molar-refractivity contribution in [1.82, 2.24) is 9.88 Å². The number of pyridine rings is 1. The van der Waals surface area contributed by atoms with Crippen molar-refractivity contribution in [2.24, 2.45) is 11.7 Å². The molecular weight excluding hydrogens is 198 g/mol. The molecule has 1 aromatic rings. The molecule has 0 amide bonds. The minimum absolute atomic E-state index is 0.697. The standard InChI is InChI=1S/C13H21N3/c1-2-16(13-4-3-12(13)9-14)10-11-5-7-15-8-6-11/h5-8,12-13H,2-4,9-10,14H2,1H3. The van der Waals surface area contributed by atoms with E-state index in [0.29, 0.717) is 12.0 Å². The first kappa shape index (κ1) is 11.6. The van der Waals surface area contributed by atoms with Crippen LogP contribution in [0, 0.1) is 5.92 Å². The molecule has 1 heterocycles. The Labute approximate surface area is 97.7 Å². The van der Waals surface area contributed by atoms with Crippen LogP contribution in [-0.4, -0.2) is 29.0 Å². The van der Waals surface area contributed by atoms with Gasteiger partial charge in [-0.3, -0.25) is 9.88 Å². The Morgan fingerprint density at radius 1 is 1.38 bits per heavy atom. The van der Waals surface area contributed by atoms with Crippen molar-refractivity contribution >= 4 is 0 Å². The first-order valence-electron chi connectivity index (χ1n) is 6.18. The highest BCUT2D eigenvalue weighted by Crippen LogP contribution is 2.31. The van der Waals surface area contributed by atoms with Gasteiger partial charge in [0, 0.05) is 25.0 Å². The third-order valence-corrected chi connectivity index (χ3v) is 3.69. The number of rotatable bonds is 5. The molecule has 0 saturated heterocycles. The molecule has 1 aromatic heterocycles. The lowest BCUT2D eigenvalue weighted by atomic mass is 9.78. The van der Waals surface area contributed by atoms with E-state index in [1.54, 1.807) is 0 Å². The van der Waals surface area contributed by atoms with Crippen LogP contribution < -0.4 is 5.73 Å². The number of aromatic nitrogens is 1. The number of hydrogen-bond donors (Lipinski definition) is 1. The SMILES string of the molecule is CCN(Cc1ccncc1)C1CCC1CN. The second kappa shape index (κ2) is 5.41. The van der Waals surface area contributed by atoms with E-state index in [1.807, 2.05) is 12.4 Å². The van der Waals surface area contributed by atoms with Crippen LogP contribution in [0.3, 0.4) is 0 Å². The van der Waals surface area contributed by atoms with Crippen LogP contribution in [0.5, 0.6) is 0 Å². The summed E-state index contributed by atoms with van der Waals surface area (Å²) < 4.78 is 0. The minimum atomic E-state index is 0.697. The van der Waals surface area contributed by atoms with Crippen molar-refractivity contribution in [1.29, 1.82) is 0 Å². The zero-order valence-corrected chi connectivity index (χ0v) is 9.97. The Kier molecular flexibility index (Phi) is 3.91. The maximum atomic E-state index is 5.77. The largest absolute Gasteiger partial charge is 0.330 e. The van der Waals surface area contributed by atoms with E-state index in [-0.39, 0.29) is 0 Å². The van der Waals surface area contributed by atoms with E-state index >= 15 is 0 Å². The fourth-order valence-corrected chi connectivity index (χ4v) is 2.49. The molecule has 1 fully saturated rings. The highest BCUT2D eigenvalue weighted by Gasteiger charge is 2.33. The lowest BCUT2D eigenvalue weighted by molar-refractivity contribution is 0.0647. The van der Waals surface area contributed by atoms with Crippen molar-refractivity contribution in [3.05, 3.63) is 30.1 Å². The Morgan fingerprint density at radius 2 is 2.12 bits per heavy atom. The van der Waals surface area contributed by atoms with Crippen molar-refractivity contribution in [2.75, 3.05) is 13.1 Å². The van der Waals surface area contributed by atoms with E-state index in [9.17, 15) is 0 Å². The van der Waals surface area contributed by atoms with Crippen molar-refractivity contribution < 1.29 is 0 Å². The third kappa shape index (κ3) is 2.42. The van der Waals surface area contributed by atoms with Gasteiger partial charge in [0.1, 0.15) is 0 Å². The van der Waals surface area contributed by atoms with E-state index in [1.165, 1.54) is 18.4 Å². The molecule has 1 aliphatic carbocycles. The first-order valence-corrected chi connectivity index (χ1v) is 6.18. The van der Waals surface area contributed by atoms with Crippen molar-refractivity contribution in [2.45, 2.75) is 32.4 Å². The smallest absolute Gasteiger partial charge is 0.0271 e. The highest BCUT2D eigenvalue weighted by atomic mass is 15.2. The van der Waals surface area contributed by atoms with Crippen LogP contribution in [0.25, 0.3) is 0 Å². The third-order valence-electron chi connectivity index (χ3n) is 3.69. The average molecular weight is 219 g/mol. The monoisotopic (exact) mass is 219 g/mol. The fraction of sp³-hybridized carbons (Fsp3) is 0.615. The summed E-state index contributed by atoms with van der Waals surface area (Å²) in [4.78, 5) is 6.59. The zero-order chi connectivity index (χ0) is 11.4. The van der Waals surface area contributed by atoms with Gasteiger partial charge in [0.2, 0.25) is 0 Å². The van der Waals surface area contributed by atoms with E-state index in [4.69, 9.17) is 5.73 Å². The molecule has 0 aliphatic heterocycles. The van der Waals surface area contributed by atoms with Gasteiger partial charge in [-0.25, -0.2) is 0 Å². The van der Waals surface area contributed by atoms with Gasteiger partial charge in [-0.05, 0) is 49.5 Å². The fourth-order valence-electron chi connectivity index (χ4n) is 2.49.